The van der Waals surface area contributed by atoms with E-state index in [-0.39, 0.29) is 32.1 Å². The Morgan fingerprint density at radius 1 is 1.15 bits per heavy atom. The Balaban J connectivity index is 1.60. The van der Waals surface area contributed by atoms with E-state index in [2.05, 4.69) is 11.9 Å². The highest BCUT2D eigenvalue weighted by Crippen LogP contribution is 2.36. The molecule has 1 aliphatic heterocycles. The third-order valence-electron chi connectivity index (χ3n) is 3.64. The van der Waals surface area contributed by atoms with Crippen LogP contribution in [0.2, 0.25) is 0 Å². The summed E-state index contributed by atoms with van der Waals surface area (Å²) in [6.45, 7) is 4.89. The van der Waals surface area contributed by atoms with Crippen LogP contribution in [-0.2, 0) is 20.8 Å². The third kappa shape index (κ3) is 4.38. The molecule has 9 nitrogen and oxygen atoms in total. The zero-order valence-electron chi connectivity index (χ0n) is 14.5. The Kier molecular flexibility index (Phi) is 5.30. The first-order valence-electron chi connectivity index (χ1n) is 8.03. The number of nitrogens with one attached hydrogen (secondary N) is 1. The summed E-state index contributed by atoms with van der Waals surface area (Å²) in [7, 11) is 0. The lowest BCUT2D eigenvalue weighted by atomic mass is 10.1. The number of alkyl carbamates (subject to hydrolysis) is 1. The standard InChI is InChI=1S/C18H17NO8/c1-10(2)17(21)23-3-4-24-18(22)19-8-11-5-16(20)27-13-7-15-14(6-12(11)13)25-9-26-15/h5-7H,1,3-4,8-9H2,2H3,(H,19,22). The molecule has 1 aliphatic rings. The van der Waals surface area contributed by atoms with Gasteiger partial charge < -0.3 is 28.7 Å². The Labute approximate surface area is 153 Å². The molecule has 1 aromatic carbocycles. The summed E-state index contributed by atoms with van der Waals surface area (Å²) < 4.78 is 25.5. The van der Waals surface area contributed by atoms with Crippen molar-refractivity contribution in [3.63, 3.8) is 0 Å². The Morgan fingerprint density at radius 3 is 2.59 bits per heavy atom. The first-order chi connectivity index (χ1) is 12.9. The van der Waals surface area contributed by atoms with Gasteiger partial charge in [0, 0.05) is 29.6 Å². The number of hydrogen-bond acceptors (Lipinski definition) is 8. The topological polar surface area (TPSA) is 113 Å². The fourth-order valence-electron chi connectivity index (χ4n) is 2.37. The smallest absolute Gasteiger partial charge is 0.407 e. The summed E-state index contributed by atoms with van der Waals surface area (Å²) in [4.78, 5) is 34.7. The van der Waals surface area contributed by atoms with E-state index in [0.717, 1.165) is 0 Å². The first kappa shape index (κ1) is 18.3. The van der Waals surface area contributed by atoms with Gasteiger partial charge in [0.2, 0.25) is 6.79 Å². The minimum Gasteiger partial charge on any atom is -0.459 e. The molecule has 0 bridgehead atoms. The van der Waals surface area contributed by atoms with Gasteiger partial charge in [0.25, 0.3) is 0 Å². The maximum atomic E-state index is 11.8. The van der Waals surface area contributed by atoms with Crippen LogP contribution in [0.4, 0.5) is 4.79 Å². The van der Waals surface area contributed by atoms with Crippen LogP contribution in [-0.4, -0.2) is 32.1 Å². The second kappa shape index (κ2) is 7.81. The van der Waals surface area contributed by atoms with Crippen LogP contribution < -0.4 is 20.4 Å². The summed E-state index contributed by atoms with van der Waals surface area (Å²) in [6.07, 6.45) is -0.719. The predicted octanol–water partition coefficient (Wildman–Crippen LogP) is 1.87. The molecule has 9 heteroatoms. The third-order valence-corrected chi connectivity index (χ3v) is 3.64. The number of carbonyl (C=O) groups excluding carboxylic acids is 2. The van der Waals surface area contributed by atoms with Gasteiger partial charge >= 0.3 is 17.7 Å². The van der Waals surface area contributed by atoms with Gasteiger partial charge in [-0.3, -0.25) is 0 Å². The van der Waals surface area contributed by atoms with Crippen molar-refractivity contribution in [3.05, 3.63) is 46.3 Å². The van der Waals surface area contributed by atoms with E-state index < -0.39 is 17.7 Å². The zero-order chi connectivity index (χ0) is 19.4. The summed E-state index contributed by atoms with van der Waals surface area (Å²) in [5.41, 5.74) is 0.558. The second-order valence-corrected chi connectivity index (χ2v) is 5.70. The summed E-state index contributed by atoms with van der Waals surface area (Å²) in [6, 6.07) is 4.52. The molecular formula is C18H17NO8. The van der Waals surface area contributed by atoms with Crippen molar-refractivity contribution in [2.24, 2.45) is 0 Å². The number of benzene rings is 1. The van der Waals surface area contributed by atoms with Gasteiger partial charge in [0.1, 0.15) is 18.8 Å². The maximum Gasteiger partial charge on any atom is 0.407 e. The van der Waals surface area contributed by atoms with Gasteiger partial charge in [-0.1, -0.05) is 6.58 Å². The second-order valence-electron chi connectivity index (χ2n) is 5.70. The van der Waals surface area contributed by atoms with Gasteiger partial charge in [-0.05, 0) is 18.6 Å². The van der Waals surface area contributed by atoms with Crippen LogP contribution in [0, 0.1) is 0 Å². The summed E-state index contributed by atoms with van der Waals surface area (Å²) in [5, 5.41) is 3.13. The van der Waals surface area contributed by atoms with Crippen LogP contribution in [0.15, 0.2) is 39.6 Å². The largest absolute Gasteiger partial charge is 0.459 e. The highest BCUT2D eigenvalue weighted by Gasteiger charge is 2.17. The molecule has 0 radical (unpaired) electrons. The van der Waals surface area contributed by atoms with Crippen LogP contribution in [0.3, 0.4) is 0 Å². The lowest BCUT2D eigenvalue weighted by molar-refractivity contribution is -0.139. The molecule has 2 aromatic rings. The van der Waals surface area contributed by atoms with E-state index in [1.165, 1.54) is 13.0 Å². The van der Waals surface area contributed by atoms with Crippen molar-refractivity contribution in [1.82, 2.24) is 5.32 Å². The molecule has 1 N–H and O–H groups in total. The lowest BCUT2D eigenvalue weighted by Crippen LogP contribution is -2.26. The van der Waals surface area contributed by atoms with Crippen molar-refractivity contribution in [2.45, 2.75) is 13.5 Å². The van der Waals surface area contributed by atoms with E-state index in [1.807, 2.05) is 0 Å². The van der Waals surface area contributed by atoms with Crippen LogP contribution in [0.5, 0.6) is 11.5 Å². The molecule has 0 saturated carbocycles. The van der Waals surface area contributed by atoms with Crippen molar-refractivity contribution in [2.75, 3.05) is 20.0 Å². The van der Waals surface area contributed by atoms with Gasteiger partial charge in [0.05, 0.1) is 0 Å². The quantitative estimate of drug-likeness (QED) is 0.352. The van der Waals surface area contributed by atoms with E-state index in [4.69, 9.17) is 23.4 Å². The molecule has 3 rings (SSSR count). The number of hydrogen-bond donors (Lipinski definition) is 1. The molecule has 142 valence electrons. The van der Waals surface area contributed by atoms with E-state index in [0.29, 0.717) is 28.0 Å². The molecule has 0 fully saturated rings. The van der Waals surface area contributed by atoms with Gasteiger partial charge in [-0.2, -0.15) is 0 Å². The van der Waals surface area contributed by atoms with Crippen LogP contribution in [0.1, 0.15) is 12.5 Å². The van der Waals surface area contributed by atoms with E-state index in [1.54, 1.807) is 12.1 Å². The number of carbonyl (C=O) groups is 2. The SMILES string of the molecule is C=C(C)C(=O)OCCOC(=O)NCc1cc(=O)oc2cc3c(cc12)OCO3. The van der Waals surface area contributed by atoms with Crippen molar-refractivity contribution in [1.29, 1.82) is 0 Å². The molecule has 0 unspecified atom stereocenters. The van der Waals surface area contributed by atoms with Crippen LogP contribution in [0.25, 0.3) is 11.0 Å². The predicted molar refractivity (Wildman–Crippen MR) is 92.6 cm³/mol. The maximum absolute atomic E-state index is 11.8. The lowest BCUT2D eigenvalue weighted by Gasteiger charge is -2.09. The molecule has 0 atom stereocenters. The fraction of sp³-hybridized carbons (Fsp3) is 0.278. The van der Waals surface area contributed by atoms with Crippen molar-refractivity contribution in [3.8, 4) is 11.5 Å². The highest BCUT2D eigenvalue weighted by atomic mass is 16.7. The van der Waals surface area contributed by atoms with Gasteiger partial charge in [-0.15, -0.1) is 0 Å². The zero-order valence-corrected chi connectivity index (χ0v) is 14.5. The number of ether oxygens (including phenoxy) is 4. The molecule has 1 aromatic heterocycles. The van der Waals surface area contributed by atoms with E-state index in [9.17, 15) is 14.4 Å². The minimum atomic E-state index is -0.719. The average molecular weight is 375 g/mol. The number of esters is 1. The molecule has 0 aliphatic carbocycles. The Hall–Kier alpha value is -3.49. The first-order valence-corrected chi connectivity index (χ1v) is 8.03. The number of rotatable bonds is 6. The van der Waals surface area contributed by atoms with Gasteiger partial charge in [0.15, 0.2) is 11.5 Å². The molecule has 27 heavy (non-hydrogen) atoms. The molecule has 1 amide bonds. The van der Waals surface area contributed by atoms with Crippen molar-refractivity contribution < 1.29 is 33.0 Å². The van der Waals surface area contributed by atoms with Crippen molar-refractivity contribution >= 4 is 23.0 Å². The Bertz CT molecular complexity index is 962. The fourth-order valence-corrected chi connectivity index (χ4v) is 2.37. The highest BCUT2D eigenvalue weighted by molar-refractivity contribution is 5.87. The minimum absolute atomic E-state index is 0.0339. The van der Waals surface area contributed by atoms with Crippen LogP contribution >= 0.6 is 0 Å². The normalized spacial score (nSPS) is 11.9. The monoisotopic (exact) mass is 375 g/mol. The molecule has 2 heterocycles. The van der Waals surface area contributed by atoms with Gasteiger partial charge in [-0.25, -0.2) is 14.4 Å². The summed E-state index contributed by atoms with van der Waals surface area (Å²) in [5.74, 6) is 0.458. The molecule has 0 saturated heterocycles. The van der Waals surface area contributed by atoms with E-state index >= 15 is 0 Å². The Morgan fingerprint density at radius 2 is 1.85 bits per heavy atom. The molecule has 0 spiro atoms. The number of fused-ring (bicyclic) bond motifs is 2. The summed E-state index contributed by atoms with van der Waals surface area (Å²) >= 11 is 0. The molecular weight excluding hydrogens is 358 g/mol. The average Bonchev–Trinajstić information content (AvgIpc) is 3.08. The number of amides is 1.